The van der Waals surface area contributed by atoms with Crippen LogP contribution in [-0.4, -0.2) is 52.4 Å². The van der Waals surface area contributed by atoms with Crippen LogP contribution < -0.4 is 16.0 Å². The molecule has 230 valence electrons. The van der Waals surface area contributed by atoms with Gasteiger partial charge in [-0.3, -0.25) is 9.59 Å². The summed E-state index contributed by atoms with van der Waals surface area (Å²) in [5.41, 5.74) is 2.43. The molecule has 0 saturated carbocycles. The second kappa shape index (κ2) is 13.8. The molecule has 2 amide bonds. The molecule has 10 heteroatoms. The zero-order chi connectivity index (χ0) is 31.1. The number of aromatic nitrogens is 2. The minimum Gasteiger partial charge on any atom is -0.356 e. The van der Waals surface area contributed by atoms with Gasteiger partial charge in [0.1, 0.15) is 29.0 Å². The summed E-state index contributed by atoms with van der Waals surface area (Å²) >= 11 is 0. The molecule has 8 nitrogen and oxygen atoms in total. The first-order chi connectivity index (χ1) is 21.2. The van der Waals surface area contributed by atoms with Crippen LogP contribution in [0.25, 0.3) is 11.3 Å². The Labute approximate surface area is 256 Å². The third-order valence-corrected chi connectivity index (χ3v) is 7.87. The van der Waals surface area contributed by atoms with Crippen molar-refractivity contribution in [3.05, 3.63) is 102 Å². The molecular weight excluding hydrogens is 562 g/mol. The van der Waals surface area contributed by atoms with Gasteiger partial charge in [-0.1, -0.05) is 30.3 Å². The molecule has 2 heterocycles. The normalized spacial score (nSPS) is 13.8. The smallest absolute Gasteiger partial charge is 0.237 e. The maximum absolute atomic E-state index is 13.7. The highest BCUT2D eigenvalue weighted by Crippen LogP contribution is 2.39. The Balaban J connectivity index is 1.19. The summed E-state index contributed by atoms with van der Waals surface area (Å²) in [4.78, 5) is 32.3. The summed E-state index contributed by atoms with van der Waals surface area (Å²) in [7, 11) is 0. The van der Waals surface area contributed by atoms with Crippen molar-refractivity contribution in [1.82, 2.24) is 25.1 Å². The fraction of sp³-hybridized carbons (Fsp3) is 0.324. The first-order valence-electron chi connectivity index (χ1n) is 14.9. The van der Waals surface area contributed by atoms with E-state index in [1.165, 1.54) is 24.3 Å². The van der Waals surface area contributed by atoms with Crippen LogP contribution in [0.2, 0.25) is 0 Å². The van der Waals surface area contributed by atoms with Crippen molar-refractivity contribution in [2.24, 2.45) is 0 Å². The van der Waals surface area contributed by atoms with Gasteiger partial charge in [0.15, 0.2) is 0 Å². The maximum atomic E-state index is 13.7. The van der Waals surface area contributed by atoms with Gasteiger partial charge in [0.05, 0.1) is 12.1 Å². The summed E-state index contributed by atoms with van der Waals surface area (Å²) in [6.07, 6.45) is 1.86. The molecule has 0 spiro atoms. The van der Waals surface area contributed by atoms with E-state index in [0.29, 0.717) is 68.5 Å². The topological polar surface area (TPSA) is 91.3 Å². The number of amides is 2. The lowest BCUT2D eigenvalue weighted by Crippen LogP contribution is -2.54. The van der Waals surface area contributed by atoms with Gasteiger partial charge in [0, 0.05) is 37.3 Å². The fourth-order valence-electron chi connectivity index (χ4n) is 5.50. The SMILES string of the molecule is CC1(C)c2nc(-c3ccc(F)cc3)c(Nc3ccc(F)cc3)n2CCN1C(=O)CNCCCNC(=O)CCc1ccccc1. The molecule has 0 radical (unpaired) electrons. The summed E-state index contributed by atoms with van der Waals surface area (Å²) in [5, 5.41) is 9.53. The number of hydrogen-bond donors (Lipinski definition) is 3. The highest BCUT2D eigenvalue weighted by molar-refractivity contribution is 5.81. The number of carbonyl (C=O) groups is 2. The zero-order valence-corrected chi connectivity index (χ0v) is 25.1. The van der Waals surface area contributed by atoms with Gasteiger partial charge in [0.2, 0.25) is 11.8 Å². The standard InChI is InChI=1S/C34H38F2N6O2/c1-34(2)33-40-31(25-10-12-26(35)13-11-25)32(39-28-16-14-27(36)15-17-28)41(33)21-22-42(34)30(44)23-37-19-6-20-38-29(43)18-9-24-7-4-3-5-8-24/h3-5,7-8,10-17,37,39H,6,9,18-23H2,1-2H3,(H,38,43). The molecule has 1 aliphatic heterocycles. The quantitative estimate of drug-likeness (QED) is 0.190. The lowest BCUT2D eigenvalue weighted by Gasteiger charge is -2.42. The summed E-state index contributed by atoms with van der Waals surface area (Å²) in [6.45, 7) is 6.18. The average Bonchev–Trinajstić information content (AvgIpc) is 3.39. The molecule has 0 fully saturated rings. The Hall–Kier alpha value is -4.57. The molecule has 0 saturated heterocycles. The van der Waals surface area contributed by atoms with Gasteiger partial charge >= 0.3 is 0 Å². The predicted octanol–water partition coefficient (Wildman–Crippen LogP) is 5.38. The van der Waals surface area contributed by atoms with Crippen molar-refractivity contribution >= 4 is 23.3 Å². The number of benzene rings is 3. The number of nitrogens with one attached hydrogen (secondary N) is 3. The number of rotatable bonds is 12. The number of aryl methyl sites for hydroxylation is 1. The van der Waals surface area contributed by atoms with Gasteiger partial charge in [-0.2, -0.15) is 0 Å². The molecule has 5 rings (SSSR count). The van der Waals surface area contributed by atoms with E-state index in [0.717, 1.165) is 11.1 Å². The van der Waals surface area contributed by atoms with E-state index in [-0.39, 0.29) is 30.0 Å². The van der Waals surface area contributed by atoms with E-state index in [2.05, 4.69) is 16.0 Å². The molecule has 1 aliphatic rings. The third-order valence-electron chi connectivity index (χ3n) is 7.87. The largest absolute Gasteiger partial charge is 0.356 e. The second-order valence-corrected chi connectivity index (χ2v) is 11.4. The molecule has 1 aromatic heterocycles. The second-order valence-electron chi connectivity index (χ2n) is 11.4. The Kier molecular flexibility index (Phi) is 9.69. The van der Waals surface area contributed by atoms with Crippen LogP contribution >= 0.6 is 0 Å². The molecular formula is C34H38F2N6O2. The van der Waals surface area contributed by atoms with Crippen molar-refractivity contribution in [2.45, 2.75) is 45.2 Å². The molecule has 0 aliphatic carbocycles. The first-order valence-corrected chi connectivity index (χ1v) is 14.9. The minimum atomic E-state index is -0.735. The molecule has 3 N–H and O–H groups in total. The van der Waals surface area contributed by atoms with E-state index < -0.39 is 5.54 Å². The monoisotopic (exact) mass is 600 g/mol. The van der Waals surface area contributed by atoms with Crippen LogP contribution in [0, 0.1) is 11.6 Å². The molecule has 3 aromatic carbocycles. The number of anilines is 2. The maximum Gasteiger partial charge on any atom is 0.237 e. The lowest BCUT2D eigenvalue weighted by molar-refractivity contribution is -0.137. The van der Waals surface area contributed by atoms with Crippen molar-refractivity contribution < 1.29 is 18.4 Å². The van der Waals surface area contributed by atoms with Crippen LogP contribution in [0.4, 0.5) is 20.3 Å². The van der Waals surface area contributed by atoms with Gasteiger partial charge in [0.25, 0.3) is 0 Å². The molecule has 0 unspecified atom stereocenters. The van der Waals surface area contributed by atoms with E-state index in [9.17, 15) is 18.4 Å². The Morgan fingerprint density at radius 3 is 2.27 bits per heavy atom. The van der Waals surface area contributed by atoms with Gasteiger partial charge in [-0.25, -0.2) is 13.8 Å². The average molecular weight is 601 g/mol. The van der Waals surface area contributed by atoms with Crippen LogP contribution in [0.5, 0.6) is 0 Å². The van der Waals surface area contributed by atoms with Crippen molar-refractivity contribution in [2.75, 3.05) is 31.5 Å². The number of nitrogens with zero attached hydrogens (tertiary/aromatic N) is 3. The zero-order valence-electron chi connectivity index (χ0n) is 25.1. The van der Waals surface area contributed by atoms with Crippen LogP contribution in [0.3, 0.4) is 0 Å². The number of hydrogen-bond acceptors (Lipinski definition) is 5. The molecule has 4 aromatic rings. The number of carbonyl (C=O) groups excluding carboxylic acids is 2. The van der Waals surface area contributed by atoms with Crippen LogP contribution in [0.15, 0.2) is 78.9 Å². The highest BCUT2D eigenvalue weighted by atomic mass is 19.1. The lowest BCUT2D eigenvalue weighted by atomic mass is 9.99. The number of fused-ring (bicyclic) bond motifs is 1. The Morgan fingerprint density at radius 1 is 0.886 bits per heavy atom. The number of halogens is 2. The first kappa shape index (κ1) is 30.9. The fourth-order valence-corrected chi connectivity index (χ4v) is 5.50. The van der Waals surface area contributed by atoms with E-state index in [1.807, 2.05) is 53.6 Å². The van der Waals surface area contributed by atoms with Gasteiger partial charge in [-0.05, 0) is 87.3 Å². The Morgan fingerprint density at radius 2 is 1.57 bits per heavy atom. The van der Waals surface area contributed by atoms with Crippen LogP contribution in [0.1, 0.15) is 38.1 Å². The van der Waals surface area contributed by atoms with Gasteiger partial charge < -0.3 is 25.4 Å². The van der Waals surface area contributed by atoms with Crippen molar-refractivity contribution in [1.29, 1.82) is 0 Å². The van der Waals surface area contributed by atoms with Crippen molar-refractivity contribution in [3.63, 3.8) is 0 Å². The third kappa shape index (κ3) is 7.31. The minimum absolute atomic E-state index is 0.0174. The Bertz CT molecular complexity index is 1570. The molecule has 44 heavy (non-hydrogen) atoms. The van der Waals surface area contributed by atoms with E-state index in [4.69, 9.17) is 4.98 Å². The molecule has 0 atom stereocenters. The predicted molar refractivity (Wildman–Crippen MR) is 167 cm³/mol. The van der Waals surface area contributed by atoms with E-state index in [1.54, 1.807) is 24.3 Å². The number of imidazole rings is 1. The summed E-state index contributed by atoms with van der Waals surface area (Å²) in [6, 6.07) is 22.1. The summed E-state index contributed by atoms with van der Waals surface area (Å²) < 4.78 is 29.3. The highest BCUT2D eigenvalue weighted by Gasteiger charge is 2.41. The van der Waals surface area contributed by atoms with Crippen LogP contribution in [-0.2, 0) is 28.1 Å². The summed E-state index contributed by atoms with van der Waals surface area (Å²) in [5.74, 6) is 0.677. The molecule has 0 bridgehead atoms. The van der Waals surface area contributed by atoms with E-state index >= 15 is 0 Å². The van der Waals surface area contributed by atoms with Crippen molar-refractivity contribution in [3.8, 4) is 11.3 Å². The van der Waals surface area contributed by atoms with Gasteiger partial charge in [-0.15, -0.1) is 0 Å².